The molecule has 106 valence electrons. The van der Waals surface area contributed by atoms with Gasteiger partial charge in [0.05, 0.1) is 23.2 Å². The maximum absolute atomic E-state index is 11.9. The number of carbonyl (C=O) groups excluding carboxylic acids is 1. The fraction of sp³-hybridized carbons (Fsp3) is 0.933. The summed E-state index contributed by atoms with van der Waals surface area (Å²) < 4.78 is 17.4. The molecule has 4 heteroatoms. The first-order valence-corrected chi connectivity index (χ1v) is 7.49. The van der Waals surface area contributed by atoms with E-state index in [-0.39, 0.29) is 35.3 Å². The van der Waals surface area contributed by atoms with E-state index < -0.39 is 0 Å². The highest BCUT2D eigenvalue weighted by molar-refractivity contribution is 5.75. The van der Waals surface area contributed by atoms with E-state index >= 15 is 0 Å². The summed E-state index contributed by atoms with van der Waals surface area (Å²) >= 11 is 0. The number of hydrogen-bond donors (Lipinski definition) is 0. The molecule has 0 radical (unpaired) electrons. The lowest BCUT2D eigenvalue weighted by Gasteiger charge is -2.21. The Morgan fingerprint density at radius 1 is 1.11 bits per heavy atom. The van der Waals surface area contributed by atoms with E-state index in [1.807, 2.05) is 6.92 Å². The van der Waals surface area contributed by atoms with Crippen LogP contribution >= 0.6 is 0 Å². The normalized spacial score (nSPS) is 59.5. The minimum Gasteiger partial charge on any atom is -0.459 e. The number of esters is 1. The van der Waals surface area contributed by atoms with Crippen molar-refractivity contribution in [3.05, 3.63) is 0 Å². The van der Waals surface area contributed by atoms with Crippen LogP contribution in [0.5, 0.6) is 0 Å². The van der Waals surface area contributed by atoms with E-state index in [2.05, 4.69) is 13.8 Å². The van der Waals surface area contributed by atoms with Gasteiger partial charge < -0.3 is 14.2 Å². The molecule has 0 aromatic carbocycles. The molecule has 19 heavy (non-hydrogen) atoms. The second-order valence-electron chi connectivity index (χ2n) is 7.20. The van der Waals surface area contributed by atoms with Gasteiger partial charge in [0.25, 0.3) is 0 Å². The van der Waals surface area contributed by atoms with Crippen LogP contribution in [0.1, 0.15) is 46.5 Å². The maximum atomic E-state index is 11.9. The van der Waals surface area contributed by atoms with Gasteiger partial charge >= 0.3 is 5.97 Å². The SMILES string of the molecule is C[C@@H]1C(=O)O[C@H]2[C@H]1CCC1(C)OC1CC[C@@]1(C)O[C@@H]21. The first-order valence-electron chi connectivity index (χ1n) is 7.49. The van der Waals surface area contributed by atoms with Crippen molar-refractivity contribution in [3.63, 3.8) is 0 Å². The lowest BCUT2D eigenvalue weighted by atomic mass is 9.79. The number of rotatable bonds is 0. The quantitative estimate of drug-likeness (QED) is 0.497. The van der Waals surface area contributed by atoms with Crippen LogP contribution in [-0.4, -0.2) is 35.5 Å². The summed E-state index contributed by atoms with van der Waals surface area (Å²) in [5, 5.41) is 0. The second-order valence-corrected chi connectivity index (χ2v) is 7.20. The lowest BCUT2D eigenvalue weighted by molar-refractivity contribution is -0.144. The number of carbonyl (C=O) groups is 1. The van der Waals surface area contributed by atoms with Crippen molar-refractivity contribution in [2.75, 3.05) is 0 Å². The van der Waals surface area contributed by atoms with E-state index in [0.717, 1.165) is 25.7 Å². The predicted molar refractivity (Wildman–Crippen MR) is 67.6 cm³/mol. The Kier molecular flexibility index (Phi) is 2.26. The molecule has 0 bridgehead atoms. The Balaban J connectivity index is 1.60. The molecular weight excluding hydrogens is 244 g/mol. The third-order valence-corrected chi connectivity index (χ3v) is 5.84. The molecule has 1 aliphatic carbocycles. The Morgan fingerprint density at radius 3 is 2.63 bits per heavy atom. The standard InChI is InChI=1S/C15H22O4/c1-8-9-4-6-14(2)10(18-14)5-7-15(3)12(19-15)11(9)17-13(8)16/h8-12H,4-7H2,1-3H3/t8-,9-,10?,11-,12-,14?,15+/m0/s1. The summed E-state index contributed by atoms with van der Waals surface area (Å²) in [7, 11) is 0. The van der Waals surface area contributed by atoms with Gasteiger partial charge in [0, 0.05) is 5.92 Å². The van der Waals surface area contributed by atoms with Crippen LogP contribution < -0.4 is 0 Å². The topological polar surface area (TPSA) is 51.4 Å². The smallest absolute Gasteiger partial charge is 0.309 e. The van der Waals surface area contributed by atoms with Gasteiger partial charge in [-0.1, -0.05) is 6.92 Å². The monoisotopic (exact) mass is 266 g/mol. The molecule has 0 aromatic rings. The molecule has 3 aliphatic heterocycles. The number of epoxide rings is 2. The predicted octanol–water partition coefficient (Wildman–Crippen LogP) is 2.05. The van der Waals surface area contributed by atoms with Crippen molar-refractivity contribution in [2.24, 2.45) is 11.8 Å². The molecule has 0 N–H and O–H groups in total. The van der Waals surface area contributed by atoms with Crippen LogP contribution in [0.3, 0.4) is 0 Å². The molecule has 4 rings (SSSR count). The summed E-state index contributed by atoms with van der Waals surface area (Å²) in [5.74, 6) is 0.239. The van der Waals surface area contributed by atoms with Gasteiger partial charge in [0.1, 0.15) is 12.2 Å². The van der Waals surface area contributed by atoms with E-state index in [4.69, 9.17) is 14.2 Å². The zero-order valence-corrected chi connectivity index (χ0v) is 11.8. The Labute approximate surface area is 113 Å². The third kappa shape index (κ3) is 1.69. The van der Waals surface area contributed by atoms with Crippen LogP contribution in [0.2, 0.25) is 0 Å². The largest absolute Gasteiger partial charge is 0.459 e. The molecule has 1 saturated carbocycles. The maximum Gasteiger partial charge on any atom is 0.309 e. The minimum atomic E-state index is -0.0997. The fourth-order valence-corrected chi connectivity index (χ4v) is 4.11. The van der Waals surface area contributed by atoms with E-state index in [1.165, 1.54) is 0 Å². The van der Waals surface area contributed by atoms with Crippen molar-refractivity contribution in [1.29, 1.82) is 0 Å². The van der Waals surface area contributed by atoms with Gasteiger partial charge in [0.15, 0.2) is 0 Å². The van der Waals surface area contributed by atoms with Crippen molar-refractivity contribution >= 4 is 5.97 Å². The van der Waals surface area contributed by atoms with Crippen LogP contribution in [0, 0.1) is 11.8 Å². The summed E-state index contributed by atoms with van der Waals surface area (Å²) in [6.45, 7) is 6.34. The molecule has 4 nitrogen and oxygen atoms in total. The van der Waals surface area contributed by atoms with Crippen molar-refractivity contribution in [2.45, 2.75) is 76.0 Å². The van der Waals surface area contributed by atoms with Crippen LogP contribution in [0.25, 0.3) is 0 Å². The summed E-state index contributed by atoms with van der Waals surface area (Å²) in [5.41, 5.74) is -0.0640. The van der Waals surface area contributed by atoms with Gasteiger partial charge in [-0.2, -0.15) is 0 Å². The molecule has 0 spiro atoms. The average Bonchev–Trinajstić information content (AvgIpc) is 3.18. The van der Waals surface area contributed by atoms with E-state index in [1.54, 1.807) is 0 Å². The molecule has 7 atom stereocenters. The van der Waals surface area contributed by atoms with Gasteiger partial charge in [-0.25, -0.2) is 0 Å². The van der Waals surface area contributed by atoms with Crippen LogP contribution in [0.15, 0.2) is 0 Å². The summed E-state index contributed by atoms with van der Waals surface area (Å²) in [6, 6.07) is 0. The number of hydrogen-bond acceptors (Lipinski definition) is 4. The van der Waals surface area contributed by atoms with Crippen molar-refractivity contribution in [1.82, 2.24) is 0 Å². The average molecular weight is 266 g/mol. The van der Waals surface area contributed by atoms with Crippen LogP contribution in [-0.2, 0) is 19.0 Å². The second kappa shape index (κ2) is 3.53. The summed E-state index contributed by atoms with van der Waals surface area (Å²) in [4.78, 5) is 11.9. The van der Waals surface area contributed by atoms with Gasteiger partial charge in [0.2, 0.25) is 0 Å². The van der Waals surface area contributed by atoms with E-state index in [0.29, 0.717) is 12.0 Å². The van der Waals surface area contributed by atoms with Gasteiger partial charge in [-0.3, -0.25) is 4.79 Å². The number of fused-ring (bicyclic) bond motifs is 4. The Hall–Kier alpha value is -0.610. The van der Waals surface area contributed by atoms with Gasteiger partial charge in [-0.05, 0) is 39.5 Å². The van der Waals surface area contributed by atoms with Crippen molar-refractivity contribution in [3.8, 4) is 0 Å². The molecule has 0 amide bonds. The summed E-state index contributed by atoms with van der Waals surface area (Å²) in [6.07, 6.45) is 4.56. The van der Waals surface area contributed by atoms with Crippen molar-refractivity contribution < 1.29 is 19.0 Å². The minimum absolute atomic E-state index is 0.00123. The number of ether oxygens (including phenoxy) is 3. The Morgan fingerprint density at radius 2 is 1.84 bits per heavy atom. The van der Waals surface area contributed by atoms with Gasteiger partial charge in [-0.15, -0.1) is 0 Å². The molecule has 4 aliphatic rings. The zero-order chi connectivity index (χ0) is 13.4. The zero-order valence-electron chi connectivity index (χ0n) is 11.8. The third-order valence-electron chi connectivity index (χ3n) is 5.84. The highest BCUT2D eigenvalue weighted by atomic mass is 16.6. The lowest BCUT2D eigenvalue weighted by Crippen LogP contribution is -2.31. The molecule has 3 heterocycles. The molecule has 4 fully saturated rings. The molecule has 3 saturated heterocycles. The molecule has 2 unspecified atom stereocenters. The highest BCUT2D eigenvalue weighted by Crippen LogP contribution is 2.54. The first-order chi connectivity index (χ1) is 8.93. The fourth-order valence-electron chi connectivity index (χ4n) is 4.11. The molecular formula is C15H22O4. The van der Waals surface area contributed by atoms with E-state index in [9.17, 15) is 4.79 Å². The first kappa shape index (κ1) is 12.2. The molecule has 0 aromatic heterocycles. The Bertz CT molecular complexity index is 436. The highest BCUT2D eigenvalue weighted by Gasteiger charge is 2.64. The van der Waals surface area contributed by atoms with Crippen LogP contribution in [0.4, 0.5) is 0 Å².